The Kier molecular flexibility index (Phi) is 3.16. The zero-order valence-corrected chi connectivity index (χ0v) is 8.56. The van der Waals surface area contributed by atoms with E-state index in [1.54, 1.807) is 13.8 Å². The summed E-state index contributed by atoms with van der Waals surface area (Å²) in [6.07, 6.45) is 0.701. The van der Waals surface area contributed by atoms with Crippen LogP contribution >= 0.6 is 11.8 Å². The maximum Gasteiger partial charge on any atom is 0.216 e. The van der Waals surface area contributed by atoms with E-state index in [2.05, 4.69) is 15.2 Å². The zero-order chi connectivity index (χ0) is 9.90. The number of aliphatic hydroxyl groups is 1. The predicted molar refractivity (Wildman–Crippen MR) is 52.4 cm³/mol. The molecule has 0 aliphatic carbocycles. The topological polar surface area (TPSA) is 87.8 Å². The van der Waals surface area contributed by atoms with Crippen molar-refractivity contribution in [3.63, 3.8) is 0 Å². The number of thioether (sulfide) groups is 1. The molecule has 1 aromatic rings. The molecule has 0 saturated carbocycles. The minimum Gasteiger partial charge on any atom is -0.390 e. The van der Waals surface area contributed by atoms with Crippen LogP contribution < -0.4 is 5.73 Å². The van der Waals surface area contributed by atoms with Gasteiger partial charge in [0, 0.05) is 5.75 Å². The second-order valence-electron chi connectivity index (χ2n) is 3.41. The molecule has 1 rings (SSSR count). The number of anilines is 1. The highest BCUT2D eigenvalue weighted by molar-refractivity contribution is 7.99. The zero-order valence-electron chi connectivity index (χ0n) is 7.74. The molecule has 0 aliphatic heterocycles. The molecule has 4 N–H and O–H groups in total. The van der Waals surface area contributed by atoms with Crippen LogP contribution in [0.1, 0.15) is 20.3 Å². The molecular formula is C7H14N4OS. The minimum absolute atomic E-state index is 0.325. The fourth-order valence-corrected chi connectivity index (χ4v) is 1.77. The van der Waals surface area contributed by atoms with Crippen molar-refractivity contribution in [2.75, 3.05) is 11.5 Å². The molecule has 0 atom stereocenters. The third-order valence-corrected chi connectivity index (χ3v) is 2.28. The van der Waals surface area contributed by atoms with E-state index in [0.29, 0.717) is 17.5 Å². The van der Waals surface area contributed by atoms with E-state index in [1.165, 1.54) is 11.8 Å². The summed E-state index contributed by atoms with van der Waals surface area (Å²) in [6.45, 7) is 3.56. The van der Waals surface area contributed by atoms with E-state index in [0.717, 1.165) is 5.75 Å². The molecule has 1 aromatic heterocycles. The molecule has 0 aliphatic rings. The first-order valence-electron chi connectivity index (χ1n) is 4.00. The number of hydrogen-bond donors (Lipinski definition) is 3. The Morgan fingerprint density at radius 2 is 2.31 bits per heavy atom. The molecule has 5 nitrogen and oxygen atoms in total. The van der Waals surface area contributed by atoms with Crippen LogP contribution in [0.2, 0.25) is 0 Å². The van der Waals surface area contributed by atoms with E-state index < -0.39 is 5.60 Å². The number of aromatic amines is 1. The maximum atomic E-state index is 9.41. The summed E-state index contributed by atoms with van der Waals surface area (Å²) < 4.78 is 0. The van der Waals surface area contributed by atoms with E-state index in [9.17, 15) is 5.11 Å². The number of nitrogen functional groups attached to an aromatic ring is 1. The van der Waals surface area contributed by atoms with Crippen LogP contribution in [0.25, 0.3) is 0 Å². The van der Waals surface area contributed by atoms with Gasteiger partial charge in [0.05, 0.1) is 5.60 Å². The van der Waals surface area contributed by atoms with Crippen molar-refractivity contribution < 1.29 is 5.11 Å². The third kappa shape index (κ3) is 4.14. The van der Waals surface area contributed by atoms with Gasteiger partial charge in [0.25, 0.3) is 0 Å². The van der Waals surface area contributed by atoms with Crippen LogP contribution in [-0.2, 0) is 0 Å². The first-order chi connectivity index (χ1) is 5.97. The van der Waals surface area contributed by atoms with E-state index in [4.69, 9.17) is 5.73 Å². The molecule has 0 spiro atoms. The number of nitrogens with two attached hydrogens (primary N) is 1. The highest BCUT2D eigenvalue weighted by Gasteiger charge is 2.12. The molecule has 0 radical (unpaired) electrons. The summed E-state index contributed by atoms with van der Waals surface area (Å²) in [5.41, 5.74) is 4.71. The van der Waals surface area contributed by atoms with E-state index in [-0.39, 0.29) is 0 Å². The summed E-state index contributed by atoms with van der Waals surface area (Å²) in [4.78, 5) is 3.92. The molecule has 0 amide bonds. The van der Waals surface area contributed by atoms with Crippen molar-refractivity contribution in [3.05, 3.63) is 0 Å². The number of H-pyrrole nitrogens is 1. The van der Waals surface area contributed by atoms with E-state index in [1.807, 2.05) is 0 Å². The van der Waals surface area contributed by atoms with Crippen molar-refractivity contribution in [1.29, 1.82) is 0 Å². The Hall–Kier alpha value is -0.750. The Balaban J connectivity index is 2.28. The Morgan fingerprint density at radius 3 is 2.77 bits per heavy atom. The van der Waals surface area contributed by atoms with Gasteiger partial charge >= 0.3 is 0 Å². The second-order valence-corrected chi connectivity index (χ2v) is 4.48. The predicted octanol–water partition coefficient (Wildman–Crippen LogP) is 0.640. The molecule has 0 aromatic carbocycles. The van der Waals surface area contributed by atoms with Gasteiger partial charge in [0.15, 0.2) is 0 Å². The van der Waals surface area contributed by atoms with Gasteiger partial charge in [0.2, 0.25) is 11.1 Å². The largest absolute Gasteiger partial charge is 0.390 e. The van der Waals surface area contributed by atoms with Gasteiger partial charge in [-0.3, -0.25) is 0 Å². The SMILES string of the molecule is CC(C)(O)CCSc1n[nH]c(N)n1. The molecule has 74 valence electrons. The van der Waals surface area contributed by atoms with Crippen LogP contribution in [0.5, 0.6) is 0 Å². The first kappa shape index (κ1) is 10.3. The molecule has 0 saturated heterocycles. The van der Waals surface area contributed by atoms with Crippen molar-refractivity contribution in [1.82, 2.24) is 15.2 Å². The lowest BCUT2D eigenvalue weighted by Gasteiger charge is -2.15. The van der Waals surface area contributed by atoms with Gasteiger partial charge in [0.1, 0.15) is 0 Å². The van der Waals surface area contributed by atoms with Crippen LogP contribution in [0.15, 0.2) is 5.16 Å². The lowest BCUT2D eigenvalue weighted by atomic mass is 10.1. The van der Waals surface area contributed by atoms with Crippen molar-refractivity contribution in [2.45, 2.75) is 31.0 Å². The molecule has 0 bridgehead atoms. The highest BCUT2D eigenvalue weighted by atomic mass is 32.2. The molecule has 0 fully saturated rings. The van der Waals surface area contributed by atoms with Crippen LogP contribution in [0.4, 0.5) is 5.95 Å². The molecule has 6 heteroatoms. The third-order valence-electron chi connectivity index (χ3n) is 1.43. The van der Waals surface area contributed by atoms with Gasteiger partial charge in [-0.15, -0.1) is 5.10 Å². The van der Waals surface area contributed by atoms with Gasteiger partial charge in [-0.2, -0.15) is 4.98 Å². The number of aromatic nitrogens is 3. The van der Waals surface area contributed by atoms with Crippen molar-refractivity contribution in [2.24, 2.45) is 0 Å². The number of nitrogens with one attached hydrogen (secondary N) is 1. The fraction of sp³-hybridized carbons (Fsp3) is 0.714. The fourth-order valence-electron chi connectivity index (χ4n) is 0.715. The quantitative estimate of drug-likeness (QED) is 0.624. The number of hydrogen-bond acceptors (Lipinski definition) is 5. The van der Waals surface area contributed by atoms with Crippen molar-refractivity contribution in [3.8, 4) is 0 Å². The number of nitrogens with zero attached hydrogens (tertiary/aromatic N) is 2. The molecular weight excluding hydrogens is 188 g/mol. The summed E-state index contributed by atoms with van der Waals surface area (Å²) in [6, 6.07) is 0. The standard InChI is InChI=1S/C7H14N4OS/c1-7(2,12)3-4-13-6-9-5(8)10-11-6/h12H,3-4H2,1-2H3,(H3,8,9,10,11). The lowest BCUT2D eigenvalue weighted by Crippen LogP contribution is -2.19. The average molecular weight is 202 g/mol. The Labute approximate surface area is 81.1 Å². The normalized spacial score (nSPS) is 11.9. The van der Waals surface area contributed by atoms with Gasteiger partial charge < -0.3 is 10.8 Å². The van der Waals surface area contributed by atoms with E-state index >= 15 is 0 Å². The molecule has 1 heterocycles. The Bertz CT molecular complexity index is 268. The van der Waals surface area contributed by atoms with Gasteiger partial charge in [-0.25, -0.2) is 5.10 Å². The molecule has 13 heavy (non-hydrogen) atoms. The first-order valence-corrected chi connectivity index (χ1v) is 4.99. The van der Waals surface area contributed by atoms with Gasteiger partial charge in [-0.1, -0.05) is 11.8 Å². The summed E-state index contributed by atoms with van der Waals surface area (Å²) >= 11 is 1.47. The minimum atomic E-state index is -0.630. The lowest BCUT2D eigenvalue weighted by molar-refractivity contribution is 0.0777. The maximum absolute atomic E-state index is 9.41. The Morgan fingerprint density at radius 1 is 1.62 bits per heavy atom. The summed E-state index contributed by atoms with van der Waals surface area (Å²) in [7, 11) is 0. The van der Waals surface area contributed by atoms with Crippen LogP contribution in [0.3, 0.4) is 0 Å². The van der Waals surface area contributed by atoms with Crippen LogP contribution in [-0.4, -0.2) is 31.6 Å². The highest BCUT2D eigenvalue weighted by Crippen LogP contribution is 2.18. The monoisotopic (exact) mass is 202 g/mol. The summed E-state index contributed by atoms with van der Waals surface area (Å²) in [5, 5.41) is 16.4. The number of rotatable bonds is 4. The van der Waals surface area contributed by atoms with Crippen molar-refractivity contribution >= 4 is 17.7 Å². The average Bonchev–Trinajstić information content (AvgIpc) is 2.33. The smallest absolute Gasteiger partial charge is 0.216 e. The van der Waals surface area contributed by atoms with Gasteiger partial charge in [-0.05, 0) is 20.3 Å². The second kappa shape index (κ2) is 3.97. The van der Waals surface area contributed by atoms with Crippen LogP contribution in [0, 0.1) is 0 Å². The molecule has 0 unspecified atom stereocenters. The summed E-state index contributed by atoms with van der Waals surface area (Å²) in [5.74, 6) is 1.10.